The van der Waals surface area contributed by atoms with Gasteiger partial charge in [0.15, 0.2) is 0 Å². The molecule has 0 amide bonds. The van der Waals surface area contributed by atoms with Gasteiger partial charge in [0, 0.05) is 17.3 Å². The molecule has 4 fully saturated rings. The number of hydrogen-bond acceptors (Lipinski definition) is 5. The van der Waals surface area contributed by atoms with Crippen molar-refractivity contribution in [3.8, 4) is 6.07 Å². The van der Waals surface area contributed by atoms with Gasteiger partial charge in [-0.3, -0.25) is 0 Å². The number of rotatable bonds is 14. The molecule has 5 heteroatoms. The van der Waals surface area contributed by atoms with Crippen molar-refractivity contribution in [1.82, 2.24) is 0 Å². The van der Waals surface area contributed by atoms with Crippen molar-refractivity contribution in [2.45, 2.75) is 185 Å². The third kappa shape index (κ3) is 10.4. The lowest BCUT2D eigenvalue weighted by molar-refractivity contribution is -0.130. The Kier molecular flexibility index (Phi) is 15.5. The van der Waals surface area contributed by atoms with Gasteiger partial charge in [0.2, 0.25) is 0 Å². The van der Waals surface area contributed by atoms with Gasteiger partial charge >= 0.3 is 5.97 Å². The van der Waals surface area contributed by atoms with Crippen LogP contribution in [0, 0.1) is 86.8 Å². The van der Waals surface area contributed by atoms with Crippen molar-refractivity contribution >= 4 is 17.3 Å². The summed E-state index contributed by atoms with van der Waals surface area (Å²) in [6.45, 7) is 26.4. The SMILES string of the molecule is CC(C)CCCC(C)C1CCC2C3CCC4CC(OC(=O)c5cc(N)cc(N)c5)CCC4(C)C3CCC12C.CCC(C)(C)C(C)C(C)CCCC(C)C#N. The molecule has 0 aliphatic heterocycles. The van der Waals surface area contributed by atoms with Crippen LogP contribution < -0.4 is 11.5 Å². The fourth-order valence-electron chi connectivity index (χ4n) is 12.5. The summed E-state index contributed by atoms with van der Waals surface area (Å²) in [4.78, 5) is 12.9. The maximum absolute atomic E-state index is 12.9. The summed E-state index contributed by atoms with van der Waals surface area (Å²) in [6, 6.07) is 7.34. The first-order valence-electron chi connectivity index (χ1n) is 22.6. The van der Waals surface area contributed by atoms with Gasteiger partial charge in [-0.1, -0.05) is 108 Å². The van der Waals surface area contributed by atoms with E-state index in [1.165, 1.54) is 83.5 Å². The molecule has 306 valence electrons. The van der Waals surface area contributed by atoms with Crippen LogP contribution in [0.25, 0.3) is 0 Å². The number of benzene rings is 1. The molecule has 1 aromatic rings. The number of nitrogen functional groups attached to an aromatic ring is 2. The van der Waals surface area contributed by atoms with E-state index < -0.39 is 0 Å². The van der Waals surface area contributed by atoms with Gasteiger partial charge < -0.3 is 16.2 Å². The number of nitriles is 1. The van der Waals surface area contributed by atoms with E-state index in [1.807, 2.05) is 6.92 Å². The van der Waals surface area contributed by atoms with E-state index in [2.05, 4.69) is 75.3 Å². The minimum Gasteiger partial charge on any atom is -0.459 e. The topological polar surface area (TPSA) is 102 Å². The highest BCUT2D eigenvalue weighted by Gasteiger charge is 2.60. The molecule has 0 saturated heterocycles. The molecular formula is C49H83N3O2. The summed E-state index contributed by atoms with van der Waals surface area (Å²) in [5, 5.41) is 8.73. The molecule has 1 aromatic carbocycles. The second-order valence-electron chi connectivity index (χ2n) is 20.9. The monoisotopic (exact) mass is 746 g/mol. The average molecular weight is 746 g/mol. The molecular weight excluding hydrogens is 663 g/mol. The Morgan fingerprint density at radius 2 is 1.48 bits per heavy atom. The fourth-order valence-corrected chi connectivity index (χ4v) is 12.5. The second-order valence-corrected chi connectivity index (χ2v) is 20.9. The maximum atomic E-state index is 12.9. The quantitative estimate of drug-likeness (QED) is 0.146. The van der Waals surface area contributed by atoms with E-state index in [-0.39, 0.29) is 18.0 Å². The van der Waals surface area contributed by atoms with Crippen LogP contribution in [0.5, 0.6) is 0 Å². The largest absolute Gasteiger partial charge is 0.459 e. The summed E-state index contributed by atoms with van der Waals surface area (Å²) in [7, 11) is 0. The van der Waals surface area contributed by atoms with Crippen LogP contribution >= 0.6 is 0 Å². The Hall–Kier alpha value is -2.22. The van der Waals surface area contributed by atoms with Crippen molar-refractivity contribution in [3.63, 3.8) is 0 Å². The number of esters is 1. The fraction of sp³-hybridized carbons (Fsp3) is 0.837. The lowest BCUT2D eigenvalue weighted by Crippen LogP contribution is -2.54. The first kappa shape index (κ1) is 44.5. The number of nitrogens with two attached hydrogens (primary N) is 2. The summed E-state index contributed by atoms with van der Waals surface area (Å²) < 4.78 is 6.04. The van der Waals surface area contributed by atoms with Crippen molar-refractivity contribution in [2.24, 2.45) is 75.4 Å². The normalized spacial score (nSPS) is 32.8. The zero-order chi connectivity index (χ0) is 40.0. The molecule has 4 N–H and O–H groups in total. The summed E-state index contributed by atoms with van der Waals surface area (Å²) in [6.07, 6.45) is 20.6. The number of fused-ring (bicyclic) bond motifs is 5. The first-order valence-corrected chi connectivity index (χ1v) is 22.6. The third-order valence-electron chi connectivity index (χ3n) is 16.8. The molecule has 0 spiro atoms. The minimum atomic E-state index is -0.278. The number of nitrogens with zero attached hydrogens (tertiary/aromatic N) is 1. The number of anilines is 2. The Labute approximate surface area is 332 Å². The molecule has 4 aliphatic carbocycles. The van der Waals surface area contributed by atoms with Gasteiger partial charge in [0.1, 0.15) is 6.10 Å². The molecule has 5 rings (SSSR count). The molecule has 0 radical (unpaired) electrons. The molecule has 5 nitrogen and oxygen atoms in total. The highest BCUT2D eigenvalue weighted by molar-refractivity contribution is 5.91. The second kappa shape index (κ2) is 18.8. The Morgan fingerprint density at radius 1 is 0.852 bits per heavy atom. The van der Waals surface area contributed by atoms with Crippen molar-refractivity contribution < 1.29 is 9.53 Å². The van der Waals surface area contributed by atoms with Crippen molar-refractivity contribution in [3.05, 3.63) is 23.8 Å². The number of carbonyl (C=O) groups is 1. The minimum absolute atomic E-state index is 0.0104. The standard InChI is InChI=1S/C34H54N2O2.C15H29N/c1-21(2)7-6-8-22(3)29-11-12-30-28-10-9-24-19-27(38-32(37)23-17-25(35)20-26(36)18-23)13-15-33(24,4)31(28)14-16-34(29,30)5;1-7-15(5,6)14(4)13(3)10-8-9-12(2)11-16/h17-18,20-22,24,27-31H,6-16,19,35-36H2,1-5H3;12-14H,7-10H2,1-6H3. The summed E-state index contributed by atoms with van der Waals surface area (Å²) >= 11 is 0. The van der Waals surface area contributed by atoms with Gasteiger partial charge in [-0.2, -0.15) is 5.26 Å². The molecule has 0 bridgehead atoms. The van der Waals surface area contributed by atoms with Crippen LogP contribution in [0.4, 0.5) is 11.4 Å². The van der Waals surface area contributed by atoms with E-state index in [4.69, 9.17) is 21.5 Å². The van der Waals surface area contributed by atoms with Crippen LogP contribution in [0.1, 0.15) is 189 Å². The molecule has 0 aromatic heterocycles. The van der Waals surface area contributed by atoms with Crippen molar-refractivity contribution in [2.75, 3.05) is 11.5 Å². The molecule has 4 aliphatic rings. The van der Waals surface area contributed by atoms with Gasteiger partial charge in [0.05, 0.1) is 11.6 Å². The van der Waals surface area contributed by atoms with Crippen LogP contribution in [-0.2, 0) is 4.74 Å². The van der Waals surface area contributed by atoms with Gasteiger partial charge in [-0.15, -0.1) is 0 Å². The Morgan fingerprint density at radius 3 is 2.11 bits per heavy atom. The zero-order valence-electron chi connectivity index (χ0n) is 36.8. The molecule has 12 unspecified atom stereocenters. The Balaban J connectivity index is 0.000000344. The van der Waals surface area contributed by atoms with Crippen LogP contribution in [0.3, 0.4) is 0 Å². The number of ether oxygens (including phenoxy) is 1. The predicted octanol–water partition coefficient (Wildman–Crippen LogP) is 13.5. The Bertz CT molecular complexity index is 1380. The van der Waals surface area contributed by atoms with Gasteiger partial charge in [0.25, 0.3) is 0 Å². The summed E-state index contributed by atoms with van der Waals surface area (Å²) in [5.74, 6) is 7.41. The number of hydrogen-bond donors (Lipinski definition) is 2. The lowest BCUT2D eigenvalue weighted by Gasteiger charge is -2.61. The first-order chi connectivity index (χ1) is 25.4. The summed E-state index contributed by atoms with van der Waals surface area (Å²) in [5.41, 5.74) is 14.7. The smallest absolute Gasteiger partial charge is 0.338 e. The van der Waals surface area contributed by atoms with E-state index in [0.717, 1.165) is 66.6 Å². The van der Waals surface area contributed by atoms with Gasteiger partial charge in [-0.05, 0) is 159 Å². The van der Waals surface area contributed by atoms with Crippen LogP contribution in [0.2, 0.25) is 0 Å². The van der Waals surface area contributed by atoms with E-state index in [9.17, 15) is 4.79 Å². The molecule has 12 atom stereocenters. The highest BCUT2D eigenvalue weighted by Crippen LogP contribution is 2.68. The van der Waals surface area contributed by atoms with Crippen LogP contribution in [0.15, 0.2) is 18.2 Å². The van der Waals surface area contributed by atoms with E-state index >= 15 is 0 Å². The molecule has 54 heavy (non-hydrogen) atoms. The predicted molar refractivity (Wildman–Crippen MR) is 229 cm³/mol. The molecule has 0 heterocycles. The van der Waals surface area contributed by atoms with Crippen LogP contribution in [-0.4, -0.2) is 12.1 Å². The average Bonchev–Trinajstić information content (AvgIpc) is 3.48. The highest BCUT2D eigenvalue weighted by atomic mass is 16.5. The zero-order valence-corrected chi connectivity index (χ0v) is 36.8. The van der Waals surface area contributed by atoms with Crippen molar-refractivity contribution in [1.29, 1.82) is 5.26 Å². The maximum Gasteiger partial charge on any atom is 0.338 e. The van der Waals surface area contributed by atoms with E-state index in [0.29, 0.717) is 39.1 Å². The van der Waals surface area contributed by atoms with E-state index in [1.54, 1.807) is 18.2 Å². The van der Waals surface area contributed by atoms with Gasteiger partial charge in [-0.25, -0.2) is 4.79 Å². The molecule has 4 saturated carbocycles. The number of carbonyl (C=O) groups excluding carboxylic acids is 1. The third-order valence-corrected chi connectivity index (χ3v) is 16.8. The lowest BCUT2D eigenvalue weighted by atomic mass is 9.44.